The highest BCUT2D eigenvalue weighted by Gasteiger charge is 2.11. The van der Waals surface area contributed by atoms with Crippen LogP contribution in [0.15, 0.2) is 35.3 Å². The number of unbranched alkanes of at least 4 members (excludes halogenated alkanes) is 1. The molecule has 0 spiro atoms. The van der Waals surface area contributed by atoms with Crippen LogP contribution in [0.3, 0.4) is 0 Å². The van der Waals surface area contributed by atoms with Gasteiger partial charge in [-0.25, -0.2) is 0 Å². The molecule has 0 aliphatic heterocycles. The zero-order valence-corrected chi connectivity index (χ0v) is 14.2. The highest BCUT2D eigenvalue weighted by Crippen LogP contribution is 2.35. The highest BCUT2D eigenvalue weighted by molar-refractivity contribution is 6.11. The number of benzene rings is 2. The van der Waals surface area contributed by atoms with Crippen LogP contribution in [0, 0.1) is 0 Å². The van der Waals surface area contributed by atoms with E-state index in [1.807, 2.05) is 0 Å². The summed E-state index contributed by atoms with van der Waals surface area (Å²) in [6, 6.07) is 10.5. The van der Waals surface area contributed by atoms with E-state index in [9.17, 15) is 0 Å². The Morgan fingerprint density at radius 1 is 1.08 bits per heavy atom. The van der Waals surface area contributed by atoms with E-state index in [0.717, 1.165) is 31.7 Å². The Bertz CT molecular complexity index is 753. The quantitative estimate of drug-likeness (QED) is 0.370. The third-order valence-corrected chi connectivity index (χ3v) is 4.18. The lowest BCUT2D eigenvalue weighted by Crippen LogP contribution is -2.23. The molecule has 1 aliphatic rings. The van der Waals surface area contributed by atoms with Crippen LogP contribution in [-0.4, -0.2) is 25.7 Å². The molecule has 2 aromatic carbocycles. The number of anilines is 1. The molecule has 4 nitrogen and oxygen atoms in total. The predicted molar refractivity (Wildman–Crippen MR) is 103 cm³/mol. The van der Waals surface area contributed by atoms with Crippen molar-refractivity contribution in [2.45, 2.75) is 26.2 Å². The standard InChI is InChI=1S/C20H25N3O/c1-2-3-13-24-14-5-12-22-20(21)23-18-11-10-16-9-8-15-6-4-7-17(18)19(15)16/h4,6-11H,2-3,5,12-14H2,1H3,(H3,21,22,23). The Morgan fingerprint density at radius 2 is 1.88 bits per heavy atom. The van der Waals surface area contributed by atoms with Gasteiger partial charge in [0.25, 0.3) is 0 Å². The molecule has 3 rings (SSSR count). The van der Waals surface area contributed by atoms with Crippen molar-refractivity contribution >= 4 is 34.6 Å². The van der Waals surface area contributed by atoms with E-state index in [0.29, 0.717) is 12.5 Å². The number of nitrogens with zero attached hydrogens (tertiary/aromatic N) is 1. The molecule has 0 atom stereocenters. The highest BCUT2D eigenvalue weighted by atomic mass is 16.5. The Labute approximate surface area is 143 Å². The summed E-state index contributed by atoms with van der Waals surface area (Å²) in [5.74, 6) is 0.454. The van der Waals surface area contributed by atoms with Crippen LogP contribution >= 0.6 is 0 Å². The van der Waals surface area contributed by atoms with Crippen LogP contribution in [0.25, 0.3) is 22.9 Å². The van der Waals surface area contributed by atoms with Crippen molar-refractivity contribution < 1.29 is 4.74 Å². The minimum atomic E-state index is 0.454. The molecular formula is C20H25N3O. The zero-order valence-electron chi connectivity index (χ0n) is 14.2. The van der Waals surface area contributed by atoms with Crippen LogP contribution in [0.2, 0.25) is 0 Å². The monoisotopic (exact) mass is 323 g/mol. The van der Waals surface area contributed by atoms with Gasteiger partial charge < -0.3 is 15.8 Å². The van der Waals surface area contributed by atoms with E-state index in [1.54, 1.807) is 0 Å². The van der Waals surface area contributed by atoms with Crippen LogP contribution in [0.4, 0.5) is 5.69 Å². The molecular weight excluding hydrogens is 298 g/mol. The fourth-order valence-corrected chi connectivity index (χ4v) is 2.92. The van der Waals surface area contributed by atoms with Gasteiger partial charge in [0.15, 0.2) is 5.96 Å². The summed E-state index contributed by atoms with van der Waals surface area (Å²) in [5, 5.41) is 5.69. The van der Waals surface area contributed by atoms with Crippen molar-refractivity contribution in [1.82, 2.24) is 0 Å². The third kappa shape index (κ3) is 3.77. The number of rotatable bonds is 8. The maximum atomic E-state index is 6.03. The number of ether oxygens (including phenoxy) is 1. The lowest BCUT2D eigenvalue weighted by molar-refractivity contribution is 0.130. The van der Waals surface area contributed by atoms with E-state index in [1.165, 1.54) is 28.3 Å². The molecule has 0 unspecified atom stereocenters. The fraction of sp³-hybridized carbons (Fsp3) is 0.350. The number of nitrogens with one attached hydrogen (secondary N) is 1. The van der Waals surface area contributed by atoms with Gasteiger partial charge in [0, 0.05) is 30.8 Å². The maximum Gasteiger partial charge on any atom is 0.193 e. The van der Waals surface area contributed by atoms with E-state index < -0.39 is 0 Å². The molecule has 0 radical (unpaired) electrons. The van der Waals surface area contributed by atoms with E-state index >= 15 is 0 Å². The van der Waals surface area contributed by atoms with Gasteiger partial charge in [0.2, 0.25) is 0 Å². The summed E-state index contributed by atoms with van der Waals surface area (Å²) >= 11 is 0. The van der Waals surface area contributed by atoms with E-state index in [-0.39, 0.29) is 0 Å². The molecule has 0 saturated heterocycles. The Balaban J connectivity index is 1.59. The molecule has 126 valence electrons. The number of hydrogen-bond acceptors (Lipinski definition) is 2. The lowest BCUT2D eigenvalue weighted by Gasteiger charge is -2.11. The molecule has 0 bridgehead atoms. The van der Waals surface area contributed by atoms with Crippen molar-refractivity contribution in [3.8, 4) is 0 Å². The van der Waals surface area contributed by atoms with Gasteiger partial charge in [-0.1, -0.05) is 49.8 Å². The van der Waals surface area contributed by atoms with Crippen molar-refractivity contribution in [3.63, 3.8) is 0 Å². The summed E-state index contributed by atoms with van der Waals surface area (Å²) in [5.41, 5.74) is 9.54. The molecule has 3 N–H and O–H groups in total. The van der Waals surface area contributed by atoms with Crippen LogP contribution < -0.4 is 11.1 Å². The van der Waals surface area contributed by atoms with Gasteiger partial charge >= 0.3 is 0 Å². The van der Waals surface area contributed by atoms with Gasteiger partial charge in [-0.3, -0.25) is 4.99 Å². The Morgan fingerprint density at radius 3 is 2.71 bits per heavy atom. The molecule has 0 amide bonds. The third-order valence-electron chi connectivity index (χ3n) is 4.18. The van der Waals surface area contributed by atoms with Crippen LogP contribution in [0.1, 0.15) is 37.3 Å². The van der Waals surface area contributed by atoms with Crippen molar-refractivity contribution in [2.24, 2.45) is 10.7 Å². The van der Waals surface area contributed by atoms with Gasteiger partial charge in [0.1, 0.15) is 0 Å². The largest absolute Gasteiger partial charge is 0.381 e. The molecule has 0 heterocycles. The Hall–Kier alpha value is -2.33. The number of hydrogen-bond donors (Lipinski definition) is 2. The zero-order chi connectivity index (χ0) is 16.8. The summed E-state index contributed by atoms with van der Waals surface area (Å²) in [7, 11) is 0. The van der Waals surface area contributed by atoms with E-state index in [2.05, 4.69) is 59.7 Å². The minimum absolute atomic E-state index is 0.454. The average molecular weight is 323 g/mol. The molecule has 0 saturated carbocycles. The van der Waals surface area contributed by atoms with Gasteiger partial charge in [0.05, 0.1) is 0 Å². The smallest absolute Gasteiger partial charge is 0.193 e. The Kier molecular flexibility index (Phi) is 5.49. The second-order valence-corrected chi connectivity index (χ2v) is 6.02. The first kappa shape index (κ1) is 16.5. The van der Waals surface area contributed by atoms with Crippen molar-refractivity contribution in [1.29, 1.82) is 0 Å². The first-order chi connectivity index (χ1) is 11.8. The number of aliphatic imine (C=N–C) groups is 1. The summed E-state index contributed by atoms with van der Waals surface area (Å²) in [6.45, 7) is 4.41. The van der Waals surface area contributed by atoms with Gasteiger partial charge in [-0.05, 0) is 35.4 Å². The minimum Gasteiger partial charge on any atom is -0.381 e. The lowest BCUT2D eigenvalue weighted by atomic mass is 10.0. The first-order valence-corrected chi connectivity index (χ1v) is 8.68. The van der Waals surface area contributed by atoms with Gasteiger partial charge in [-0.15, -0.1) is 0 Å². The summed E-state index contributed by atoms with van der Waals surface area (Å²) in [6.07, 6.45) is 7.47. The molecule has 1 aliphatic carbocycles. The SMILES string of the molecule is CCCCOCCCN=C(N)Nc1ccc2c3c(cccc13)C=C2. The average Bonchev–Trinajstić information content (AvgIpc) is 3.01. The van der Waals surface area contributed by atoms with Crippen molar-refractivity contribution in [2.75, 3.05) is 25.1 Å². The van der Waals surface area contributed by atoms with Crippen LogP contribution in [0.5, 0.6) is 0 Å². The molecule has 0 fully saturated rings. The molecule has 4 heteroatoms. The predicted octanol–water partition coefficient (Wildman–Crippen LogP) is 4.26. The first-order valence-electron chi connectivity index (χ1n) is 8.68. The molecule has 24 heavy (non-hydrogen) atoms. The maximum absolute atomic E-state index is 6.03. The van der Waals surface area contributed by atoms with Crippen molar-refractivity contribution in [3.05, 3.63) is 41.5 Å². The second-order valence-electron chi connectivity index (χ2n) is 6.02. The topological polar surface area (TPSA) is 59.6 Å². The number of nitrogens with two attached hydrogens (primary N) is 1. The van der Waals surface area contributed by atoms with Gasteiger partial charge in [-0.2, -0.15) is 0 Å². The summed E-state index contributed by atoms with van der Waals surface area (Å²) in [4.78, 5) is 4.39. The summed E-state index contributed by atoms with van der Waals surface area (Å²) < 4.78 is 5.53. The normalized spacial score (nSPS) is 13.0. The number of guanidine groups is 1. The molecule has 0 aromatic heterocycles. The second kappa shape index (κ2) is 7.97. The van der Waals surface area contributed by atoms with Crippen LogP contribution in [-0.2, 0) is 4.74 Å². The fourth-order valence-electron chi connectivity index (χ4n) is 2.92. The molecule has 2 aromatic rings. The van der Waals surface area contributed by atoms with E-state index in [4.69, 9.17) is 10.5 Å².